The molecule has 3 heteroatoms. The zero-order chi connectivity index (χ0) is 12.8. The molecule has 0 amide bonds. The highest BCUT2D eigenvalue weighted by Crippen LogP contribution is 2.42. The molecule has 0 bridgehead atoms. The molecule has 0 N–H and O–H groups in total. The first-order chi connectivity index (χ1) is 7.86. The van der Waals surface area contributed by atoms with Gasteiger partial charge in [-0.05, 0) is 43.9 Å². The monoisotopic (exact) mass is 235 g/mol. The lowest BCUT2D eigenvalue weighted by Crippen LogP contribution is -2.45. The van der Waals surface area contributed by atoms with Crippen LogP contribution in [-0.4, -0.2) is 18.9 Å². The number of hydrogen-bond donors (Lipinski definition) is 0. The second kappa shape index (κ2) is 3.83. The molecular formula is C14H18FNO. The second-order valence-corrected chi connectivity index (χ2v) is 5.53. The highest BCUT2D eigenvalue weighted by Gasteiger charge is 2.34. The number of hydrogen-bond acceptors (Lipinski definition) is 2. The van der Waals surface area contributed by atoms with Crippen LogP contribution in [0.4, 0.5) is 10.1 Å². The van der Waals surface area contributed by atoms with Gasteiger partial charge in [-0.25, -0.2) is 4.39 Å². The van der Waals surface area contributed by atoms with Gasteiger partial charge in [-0.15, -0.1) is 0 Å². The summed E-state index contributed by atoms with van der Waals surface area (Å²) in [4.78, 5) is 12.9. The summed E-state index contributed by atoms with van der Waals surface area (Å²) in [6.07, 6.45) is 1.59. The number of benzene rings is 1. The van der Waals surface area contributed by atoms with Gasteiger partial charge in [0.05, 0.1) is 5.56 Å². The van der Waals surface area contributed by atoms with E-state index in [2.05, 4.69) is 25.7 Å². The van der Waals surface area contributed by atoms with Gasteiger partial charge in [0, 0.05) is 18.3 Å². The molecule has 1 aromatic carbocycles. The van der Waals surface area contributed by atoms with Crippen molar-refractivity contribution in [3.05, 3.63) is 29.1 Å². The molecule has 0 fully saturated rings. The van der Waals surface area contributed by atoms with Gasteiger partial charge in [-0.2, -0.15) is 0 Å². The summed E-state index contributed by atoms with van der Waals surface area (Å²) in [5.41, 5.74) is 2.14. The maximum atomic E-state index is 13.7. The van der Waals surface area contributed by atoms with Gasteiger partial charge in [0.2, 0.25) is 0 Å². The Morgan fingerprint density at radius 3 is 2.71 bits per heavy atom. The molecule has 0 radical (unpaired) electrons. The van der Waals surface area contributed by atoms with E-state index < -0.39 is 5.82 Å². The van der Waals surface area contributed by atoms with E-state index in [1.165, 1.54) is 6.07 Å². The fourth-order valence-corrected chi connectivity index (χ4v) is 2.69. The van der Waals surface area contributed by atoms with Gasteiger partial charge in [0.15, 0.2) is 6.29 Å². The molecule has 0 aromatic heterocycles. The number of aldehydes is 1. The molecule has 1 aliphatic rings. The number of rotatable bonds is 1. The maximum absolute atomic E-state index is 13.7. The van der Waals surface area contributed by atoms with Crippen LogP contribution in [0.1, 0.15) is 49.0 Å². The summed E-state index contributed by atoms with van der Waals surface area (Å²) in [6, 6.07) is 3.17. The molecule has 2 nitrogen and oxygen atoms in total. The molecule has 1 aromatic rings. The molecule has 1 aliphatic heterocycles. The largest absolute Gasteiger partial charge is 0.369 e. The molecule has 1 heterocycles. The second-order valence-electron chi connectivity index (χ2n) is 5.53. The van der Waals surface area contributed by atoms with E-state index in [4.69, 9.17) is 0 Å². The van der Waals surface area contributed by atoms with Crippen LogP contribution >= 0.6 is 0 Å². The molecule has 92 valence electrons. The highest BCUT2D eigenvalue weighted by molar-refractivity contribution is 5.78. The number of carbonyl (C=O) groups is 1. The average molecular weight is 235 g/mol. The van der Waals surface area contributed by atoms with Gasteiger partial charge in [0.1, 0.15) is 5.82 Å². The van der Waals surface area contributed by atoms with Crippen molar-refractivity contribution in [1.29, 1.82) is 0 Å². The van der Waals surface area contributed by atoms with Crippen molar-refractivity contribution in [3.63, 3.8) is 0 Å². The van der Waals surface area contributed by atoms with Crippen molar-refractivity contribution < 1.29 is 9.18 Å². The lowest BCUT2D eigenvalue weighted by molar-refractivity contribution is 0.111. The first kappa shape index (κ1) is 12.1. The van der Waals surface area contributed by atoms with Crippen molar-refractivity contribution in [2.75, 3.05) is 11.9 Å². The van der Waals surface area contributed by atoms with Crippen LogP contribution in [-0.2, 0) is 0 Å². The Morgan fingerprint density at radius 2 is 2.12 bits per heavy atom. The number of anilines is 1. The van der Waals surface area contributed by atoms with Crippen LogP contribution in [0.15, 0.2) is 12.1 Å². The maximum Gasteiger partial charge on any atom is 0.153 e. The topological polar surface area (TPSA) is 20.3 Å². The van der Waals surface area contributed by atoms with Crippen LogP contribution in [0, 0.1) is 5.82 Å². The number of halogens is 1. The van der Waals surface area contributed by atoms with Gasteiger partial charge >= 0.3 is 0 Å². The smallest absolute Gasteiger partial charge is 0.153 e. The first-order valence-corrected chi connectivity index (χ1v) is 5.89. The van der Waals surface area contributed by atoms with Gasteiger partial charge < -0.3 is 4.90 Å². The predicted octanol–water partition coefficient (Wildman–Crippen LogP) is 3.36. The third-order valence-corrected chi connectivity index (χ3v) is 3.88. The van der Waals surface area contributed by atoms with Crippen LogP contribution in [0.3, 0.4) is 0 Å². The minimum Gasteiger partial charge on any atom is -0.369 e. The van der Waals surface area contributed by atoms with E-state index in [1.54, 1.807) is 6.07 Å². The molecule has 0 saturated carbocycles. The van der Waals surface area contributed by atoms with Crippen molar-refractivity contribution in [3.8, 4) is 0 Å². The number of nitrogens with zero attached hydrogens (tertiary/aromatic N) is 1. The third kappa shape index (κ3) is 1.84. The minimum absolute atomic E-state index is 0.0154. The van der Waals surface area contributed by atoms with Crippen molar-refractivity contribution >= 4 is 12.0 Å². The summed E-state index contributed by atoms with van der Waals surface area (Å²) in [5.74, 6) is -0.0917. The van der Waals surface area contributed by atoms with Gasteiger partial charge in [-0.3, -0.25) is 4.79 Å². The summed E-state index contributed by atoms with van der Waals surface area (Å²) in [6.45, 7) is 6.43. The molecule has 0 aliphatic carbocycles. The van der Waals surface area contributed by atoms with Crippen molar-refractivity contribution in [2.24, 2.45) is 0 Å². The molecule has 1 atom stereocenters. The Labute approximate surface area is 101 Å². The van der Waals surface area contributed by atoms with Crippen molar-refractivity contribution in [2.45, 2.75) is 38.6 Å². The Morgan fingerprint density at radius 1 is 1.47 bits per heavy atom. The Hall–Kier alpha value is -1.38. The van der Waals surface area contributed by atoms with Crippen molar-refractivity contribution in [1.82, 2.24) is 0 Å². The van der Waals surface area contributed by atoms with Crippen LogP contribution in [0.2, 0.25) is 0 Å². The lowest BCUT2D eigenvalue weighted by Gasteiger charge is -2.45. The standard InChI is InChI=1S/C14H18FNO/c1-9-7-14(2,3)16(4)13-6-12(15)10(8-17)5-11(9)13/h5-6,8-9H,7H2,1-4H3/t9-/m1/s1. The predicted molar refractivity (Wildman–Crippen MR) is 67.3 cm³/mol. The SMILES string of the molecule is C[C@@H]1CC(C)(C)N(C)c2cc(F)c(C=O)cc21. The normalized spacial score (nSPS) is 22.2. The van der Waals surface area contributed by atoms with Gasteiger partial charge in [0.25, 0.3) is 0 Å². The Kier molecular flexibility index (Phi) is 2.72. The third-order valence-electron chi connectivity index (χ3n) is 3.88. The Bertz CT molecular complexity index is 468. The van der Waals surface area contributed by atoms with E-state index in [9.17, 15) is 9.18 Å². The lowest BCUT2D eigenvalue weighted by atomic mass is 9.80. The molecule has 0 unspecified atom stereocenters. The zero-order valence-electron chi connectivity index (χ0n) is 10.7. The number of fused-ring (bicyclic) bond motifs is 1. The summed E-state index contributed by atoms with van der Waals surface area (Å²) in [7, 11) is 1.98. The van der Waals surface area contributed by atoms with E-state index in [1.807, 2.05) is 7.05 Å². The fourth-order valence-electron chi connectivity index (χ4n) is 2.69. The zero-order valence-corrected chi connectivity index (χ0v) is 10.7. The highest BCUT2D eigenvalue weighted by atomic mass is 19.1. The molecule has 2 rings (SSSR count). The average Bonchev–Trinajstić information content (AvgIpc) is 2.25. The summed E-state index contributed by atoms with van der Waals surface area (Å²) in [5, 5.41) is 0. The summed E-state index contributed by atoms with van der Waals surface area (Å²) >= 11 is 0. The van der Waals surface area contributed by atoms with E-state index in [0.717, 1.165) is 17.7 Å². The molecular weight excluding hydrogens is 217 g/mol. The van der Waals surface area contributed by atoms with E-state index in [-0.39, 0.29) is 11.1 Å². The minimum atomic E-state index is -0.435. The fraction of sp³-hybridized carbons (Fsp3) is 0.500. The van der Waals surface area contributed by atoms with Crippen LogP contribution in [0.5, 0.6) is 0 Å². The number of carbonyl (C=O) groups excluding carboxylic acids is 1. The molecule has 0 spiro atoms. The van der Waals surface area contributed by atoms with Crippen LogP contribution in [0.25, 0.3) is 0 Å². The van der Waals surface area contributed by atoms with Gasteiger partial charge in [-0.1, -0.05) is 6.92 Å². The summed E-state index contributed by atoms with van der Waals surface area (Å²) < 4.78 is 13.7. The molecule has 17 heavy (non-hydrogen) atoms. The molecule has 0 saturated heterocycles. The van der Waals surface area contributed by atoms with E-state index >= 15 is 0 Å². The van der Waals surface area contributed by atoms with E-state index in [0.29, 0.717) is 12.2 Å². The Balaban J connectivity index is 2.61. The van der Waals surface area contributed by atoms with Crippen LogP contribution < -0.4 is 4.90 Å². The quantitative estimate of drug-likeness (QED) is 0.696. The first-order valence-electron chi connectivity index (χ1n) is 5.89.